The predicted molar refractivity (Wildman–Crippen MR) is 72.4 cm³/mol. The lowest BCUT2D eigenvalue weighted by Crippen LogP contribution is -2.12. The Morgan fingerprint density at radius 2 is 1.50 bits per heavy atom. The van der Waals surface area contributed by atoms with E-state index < -0.39 is 5.97 Å². The van der Waals surface area contributed by atoms with E-state index in [1.807, 2.05) is 0 Å². The Labute approximate surface area is 118 Å². The van der Waals surface area contributed by atoms with E-state index in [0.29, 0.717) is 45.4 Å². The van der Waals surface area contributed by atoms with Crippen molar-refractivity contribution in [3.63, 3.8) is 0 Å². The largest absolute Gasteiger partial charge is 0.491 e. The second-order valence-corrected chi connectivity index (χ2v) is 3.90. The summed E-state index contributed by atoms with van der Waals surface area (Å²) in [4.78, 5) is 10.7. The van der Waals surface area contributed by atoms with Crippen molar-refractivity contribution in [1.29, 1.82) is 0 Å². The van der Waals surface area contributed by atoms with E-state index in [4.69, 9.17) is 24.1 Å². The van der Waals surface area contributed by atoms with Crippen molar-refractivity contribution in [1.82, 2.24) is 0 Å². The molecule has 0 bridgehead atoms. The van der Waals surface area contributed by atoms with Gasteiger partial charge < -0.3 is 24.1 Å². The molecule has 0 amide bonds. The molecule has 0 saturated carbocycles. The van der Waals surface area contributed by atoms with Gasteiger partial charge >= 0.3 is 5.97 Å². The Bertz CT molecular complexity index is 376. The maximum absolute atomic E-state index is 10.7. The van der Waals surface area contributed by atoms with Gasteiger partial charge in [-0.05, 0) is 24.3 Å². The number of aromatic carboxylic acids is 1. The minimum atomic E-state index is -0.951. The van der Waals surface area contributed by atoms with Crippen molar-refractivity contribution in [2.24, 2.45) is 0 Å². The normalized spacial score (nSPS) is 10.4. The Kier molecular flexibility index (Phi) is 8.37. The standard InChI is InChI=1S/C14H20O6/c1-17-6-7-18-8-9-19-10-11-20-13-4-2-12(3-5-13)14(15)16/h2-5H,6-11H2,1H3,(H,15,16). The van der Waals surface area contributed by atoms with Gasteiger partial charge in [-0.1, -0.05) is 0 Å². The molecule has 6 nitrogen and oxygen atoms in total. The fourth-order valence-corrected chi connectivity index (χ4v) is 1.38. The highest BCUT2D eigenvalue weighted by molar-refractivity contribution is 5.87. The molecule has 20 heavy (non-hydrogen) atoms. The number of hydrogen-bond donors (Lipinski definition) is 1. The fourth-order valence-electron chi connectivity index (χ4n) is 1.38. The second kappa shape index (κ2) is 10.2. The monoisotopic (exact) mass is 284 g/mol. The van der Waals surface area contributed by atoms with Crippen LogP contribution in [0.4, 0.5) is 0 Å². The Morgan fingerprint density at radius 1 is 0.950 bits per heavy atom. The Hall–Kier alpha value is -1.63. The van der Waals surface area contributed by atoms with E-state index in [2.05, 4.69) is 0 Å². The molecule has 1 aromatic carbocycles. The van der Waals surface area contributed by atoms with Gasteiger partial charge in [-0.15, -0.1) is 0 Å². The lowest BCUT2D eigenvalue weighted by Gasteiger charge is -2.08. The van der Waals surface area contributed by atoms with Crippen molar-refractivity contribution in [2.45, 2.75) is 0 Å². The van der Waals surface area contributed by atoms with Crippen molar-refractivity contribution in [2.75, 3.05) is 46.8 Å². The van der Waals surface area contributed by atoms with Crippen LogP contribution in [-0.2, 0) is 14.2 Å². The number of rotatable bonds is 11. The molecule has 1 rings (SSSR count). The summed E-state index contributed by atoms with van der Waals surface area (Å²) in [6.45, 7) is 3.03. The van der Waals surface area contributed by atoms with E-state index >= 15 is 0 Å². The molecule has 0 aromatic heterocycles. The average Bonchev–Trinajstić information content (AvgIpc) is 2.46. The van der Waals surface area contributed by atoms with Crippen LogP contribution in [0.2, 0.25) is 0 Å². The smallest absolute Gasteiger partial charge is 0.335 e. The minimum Gasteiger partial charge on any atom is -0.491 e. The minimum absolute atomic E-state index is 0.238. The number of methoxy groups -OCH3 is 1. The predicted octanol–water partition coefficient (Wildman–Crippen LogP) is 1.44. The van der Waals surface area contributed by atoms with Crippen LogP contribution in [-0.4, -0.2) is 57.8 Å². The summed E-state index contributed by atoms with van der Waals surface area (Å²) >= 11 is 0. The maximum atomic E-state index is 10.7. The van der Waals surface area contributed by atoms with Gasteiger partial charge in [0.25, 0.3) is 0 Å². The molecule has 0 aliphatic heterocycles. The first-order valence-electron chi connectivity index (χ1n) is 6.34. The van der Waals surface area contributed by atoms with Gasteiger partial charge in [0.2, 0.25) is 0 Å². The van der Waals surface area contributed by atoms with Crippen molar-refractivity contribution >= 4 is 5.97 Å². The second-order valence-electron chi connectivity index (χ2n) is 3.90. The van der Waals surface area contributed by atoms with Gasteiger partial charge in [0.15, 0.2) is 0 Å². The summed E-state index contributed by atoms with van der Waals surface area (Å²) in [6.07, 6.45) is 0. The summed E-state index contributed by atoms with van der Waals surface area (Å²) in [5.74, 6) is -0.330. The Morgan fingerprint density at radius 3 is 2.05 bits per heavy atom. The molecule has 6 heteroatoms. The highest BCUT2D eigenvalue weighted by Gasteiger charge is 2.01. The van der Waals surface area contributed by atoms with Crippen LogP contribution in [0.15, 0.2) is 24.3 Å². The number of benzene rings is 1. The zero-order valence-corrected chi connectivity index (χ0v) is 11.5. The zero-order chi connectivity index (χ0) is 14.6. The molecule has 1 N–H and O–H groups in total. The van der Waals surface area contributed by atoms with E-state index in [9.17, 15) is 4.79 Å². The summed E-state index contributed by atoms with van der Waals surface area (Å²) in [7, 11) is 1.63. The molecule has 1 aromatic rings. The third-order valence-corrected chi connectivity index (χ3v) is 2.40. The number of carbonyl (C=O) groups is 1. The van der Waals surface area contributed by atoms with Crippen LogP contribution in [0, 0.1) is 0 Å². The summed E-state index contributed by atoms with van der Waals surface area (Å²) < 4.78 is 20.8. The van der Waals surface area contributed by atoms with Gasteiger partial charge in [-0.25, -0.2) is 4.79 Å². The van der Waals surface area contributed by atoms with Gasteiger partial charge in [-0.3, -0.25) is 0 Å². The number of carboxylic acids is 1. The molecule has 0 aliphatic carbocycles. The quantitative estimate of drug-likeness (QED) is 0.620. The number of carboxylic acid groups (broad SMARTS) is 1. The topological polar surface area (TPSA) is 74.2 Å². The fraction of sp³-hybridized carbons (Fsp3) is 0.500. The molecular weight excluding hydrogens is 264 g/mol. The molecule has 112 valence electrons. The molecule has 0 saturated heterocycles. The molecular formula is C14H20O6. The summed E-state index contributed by atoms with van der Waals surface area (Å²) in [5.41, 5.74) is 0.238. The van der Waals surface area contributed by atoms with Crippen LogP contribution in [0.25, 0.3) is 0 Å². The van der Waals surface area contributed by atoms with Crippen LogP contribution < -0.4 is 4.74 Å². The lowest BCUT2D eigenvalue weighted by molar-refractivity contribution is 0.0180. The summed E-state index contributed by atoms with van der Waals surface area (Å²) in [5, 5.41) is 8.75. The van der Waals surface area contributed by atoms with Crippen LogP contribution >= 0.6 is 0 Å². The number of ether oxygens (including phenoxy) is 4. The maximum Gasteiger partial charge on any atom is 0.335 e. The SMILES string of the molecule is COCCOCCOCCOc1ccc(C(=O)O)cc1. The first-order valence-corrected chi connectivity index (χ1v) is 6.34. The average molecular weight is 284 g/mol. The van der Waals surface area contributed by atoms with E-state index in [0.717, 1.165) is 0 Å². The van der Waals surface area contributed by atoms with Crippen molar-refractivity contribution in [3.8, 4) is 5.75 Å². The molecule has 0 spiro atoms. The highest BCUT2D eigenvalue weighted by Crippen LogP contribution is 2.11. The molecule has 0 fully saturated rings. The van der Waals surface area contributed by atoms with Gasteiger partial charge in [0, 0.05) is 7.11 Å². The van der Waals surface area contributed by atoms with Gasteiger partial charge in [0.05, 0.1) is 38.6 Å². The molecule has 0 aliphatic rings. The Balaban J connectivity index is 2.02. The molecule has 0 heterocycles. The van der Waals surface area contributed by atoms with Crippen LogP contribution in [0.3, 0.4) is 0 Å². The zero-order valence-electron chi connectivity index (χ0n) is 11.5. The first-order chi connectivity index (χ1) is 9.74. The molecule has 0 unspecified atom stereocenters. The molecule has 0 radical (unpaired) electrons. The van der Waals surface area contributed by atoms with Crippen LogP contribution in [0.5, 0.6) is 5.75 Å². The van der Waals surface area contributed by atoms with Crippen molar-refractivity contribution < 1.29 is 28.8 Å². The highest BCUT2D eigenvalue weighted by atomic mass is 16.6. The van der Waals surface area contributed by atoms with E-state index in [1.54, 1.807) is 19.2 Å². The summed E-state index contributed by atoms with van der Waals surface area (Å²) in [6, 6.07) is 6.25. The number of hydrogen-bond acceptors (Lipinski definition) is 5. The van der Waals surface area contributed by atoms with Gasteiger partial charge in [0.1, 0.15) is 12.4 Å². The van der Waals surface area contributed by atoms with Crippen molar-refractivity contribution in [3.05, 3.63) is 29.8 Å². The first kappa shape index (κ1) is 16.4. The molecule has 0 atom stereocenters. The van der Waals surface area contributed by atoms with E-state index in [-0.39, 0.29) is 5.56 Å². The lowest BCUT2D eigenvalue weighted by atomic mass is 10.2. The van der Waals surface area contributed by atoms with E-state index in [1.165, 1.54) is 12.1 Å². The van der Waals surface area contributed by atoms with Crippen LogP contribution in [0.1, 0.15) is 10.4 Å². The van der Waals surface area contributed by atoms with Gasteiger partial charge in [-0.2, -0.15) is 0 Å². The third-order valence-electron chi connectivity index (χ3n) is 2.40. The third kappa shape index (κ3) is 7.08.